The summed E-state index contributed by atoms with van der Waals surface area (Å²) in [6.07, 6.45) is -10.9. The smallest absolute Gasteiger partial charge is 0.417 e. The molecule has 4 aromatic heterocycles. The number of aromatic nitrogens is 4. The fourth-order valence-corrected chi connectivity index (χ4v) is 19.6. The molecule has 145 heavy (non-hydrogen) atoms. The Morgan fingerprint density at radius 1 is 0.510 bits per heavy atom. The summed E-state index contributed by atoms with van der Waals surface area (Å²) in [5.41, 5.74) is 8.42. The summed E-state index contributed by atoms with van der Waals surface area (Å²) in [5, 5.41) is 43.6. The predicted octanol–water partition coefficient (Wildman–Crippen LogP) is 14.1. The molecule has 4 aliphatic heterocycles. The van der Waals surface area contributed by atoms with Gasteiger partial charge < -0.3 is 77.2 Å². The molecule has 4 saturated heterocycles. The van der Waals surface area contributed by atoms with Crippen LogP contribution in [0.15, 0.2) is 166 Å². The summed E-state index contributed by atoms with van der Waals surface area (Å²) in [6, 6.07) is 30.0. The second kappa shape index (κ2) is 46.2. The quantitative estimate of drug-likeness (QED) is 0.0168. The number of alkyl halides is 6. The number of amides is 7. The van der Waals surface area contributed by atoms with Gasteiger partial charge in [-0.1, -0.05) is 120 Å². The average molecular weight is 2050 g/mol. The van der Waals surface area contributed by atoms with Crippen molar-refractivity contribution < 1.29 is 98.4 Å². The van der Waals surface area contributed by atoms with Crippen LogP contribution in [0.4, 0.5) is 57.9 Å². The molecule has 41 heteroatoms. The number of carbonyl (C=O) groups excluding carboxylic acids is 9. The molecule has 4 aliphatic rings. The molecule has 7 amide bonds. The Morgan fingerprint density at radius 3 is 1.27 bits per heavy atom. The van der Waals surface area contributed by atoms with E-state index in [0.29, 0.717) is 68.6 Å². The predicted molar refractivity (Wildman–Crippen MR) is 536 cm³/mol. The largest absolute Gasteiger partial charge is 0.478 e. The molecule has 0 saturated carbocycles. The van der Waals surface area contributed by atoms with Crippen molar-refractivity contribution in [2.45, 2.75) is 195 Å². The van der Waals surface area contributed by atoms with E-state index in [1.165, 1.54) is 57.5 Å². The topological polar surface area (TPSA) is 428 Å². The molecule has 0 radical (unpaired) electrons. The number of thiazole rings is 2. The number of nitrogens with zero attached hydrogens (tertiary/aromatic N) is 8. The number of likely N-dealkylation sites (tertiary alicyclic amines) is 2. The fourth-order valence-electron chi connectivity index (χ4n) is 18.0. The van der Waals surface area contributed by atoms with Gasteiger partial charge in [0.2, 0.25) is 40.7 Å². The lowest BCUT2D eigenvalue weighted by Gasteiger charge is -2.44. The van der Waals surface area contributed by atoms with Crippen molar-refractivity contribution in [2.75, 3.05) is 80.3 Å². The number of nitrogens with one attached hydrogen (secondary N) is 7. The number of aryl methyl sites for hydroxylation is 2. The molecule has 0 unspecified atom stereocenters. The maximum Gasteiger partial charge on any atom is 0.417 e. The van der Waals surface area contributed by atoms with E-state index < -0.39 is 146 Å². The molecule has 12 N–H and O–H groups in total. The van der Waals surface area contributed by atoms with Crippen molar-refractivity contribution in [3.63, 3.8) is 0 Å². The third-order valence-electron chi connectivity index (χ3n) is 26.6. The molecule has 14 rings (SSSR count). The van der Waals surface area contributed by atoms with E-state index in [1.807, 2.05) is 140 Å². The number of halogens is 8. The Bertz CT molecular complexity index is 6570. The van der Waals surface area contributed by atoms with Gasteiger partial charge in [-0.15, -0.1) is 22.7 Å². The van der Waals surface area contributed by atoms with Crippen molar-refractivity contribution in [1.29, 1.82) is 0 Å². The number of H-pyrrole nitrogens is 2. The number of anilines is 4. The van der Waals surface area contributed by atoms with Gasteiger partial charge in [0, 0.05) is 156 Å². The summed E-state index contributed by atoms with van der Waals surface area (Å²) in [7, 11) is 3.96. The summed E-state index contributed by atoms with van der Waals surface area (Å²) in [4.78, 5) is 180. The number of ketones is 2. The SMILES string of the molecule is C[C@@H]1CN(c2ccc(-c3ccc(C(=O)O)cc3F)cc2NC(=O)c2c[nH]c(=O)cc2C(F)(F)F)C[C@H](C)N1C.Cc1ncsc1-c1ccc(CNC(=O)[C@@H]2C[C@@H](O)CN2C(=O)[C@@H](CC(=O)CN)C(C)(C)C)cc1.Cc1ncsc1-c1ccc(CNC(=O)[C@@H]2C[C@@H](O)CN2C(=O)[C@@H](NC(=O)CCC(=O)c2ccc(-c3ccc(N4C[C@@H](C)N(C)[C@@H](C)C4)c(NC(=O)c4c[nH]c(=O)cc4C(F)(F)F)c3)c(F)c2)C(C)(C)C)cc1. The fraction of sp³-hybridized carbons (Fsp3) is 0.404. The number of Topliss-reactive ketones (excluding diaryl/α,β-unsaturated/α-hetero) is 2. The average Bonchev–Trinajstić information content (AvgIpc) is 1.75. The van der Waals surface area contributed by atoms with Crippen molar-refractivity contribution >= 4 is 104 Å². The normalized spacial score (nSPS) is 18.8. The Kier molecular flexibility index (Phi) is 35.1. The van der Waals surface area contributed by atoms with Gasteiger partial charge in [-0.3, -0.25) is 62.5 Å². The van der Waals surface area contributed by atoms with Crippen LogP contribution in [0.5, 0.6) is 0 Å². The minimum absolute atomic E-state index is 0.00148. The number of rotatable bonds is 27. The van der Waals surface area contributed by atoms with Crippen molar-refractivity contribution in [3.05, 3.63) is 245 Å². The first-order valence-corrected chi connectivity index (χ1v) is 48.8. The number of aliphatic hydroxyl groups is 2. The molecule has 772 valence electrons. The van der Waals surface area contributed by atoms with Crippen LogP contribution < -0.4 is 53.2 Å². The van der Waals surface area contributed by atoms with Crippen LogP contribution in [-0.4, -0.2) is 228 Å². The molecule has 10 atom stereocenters. The van der Waals surface area contributed by atoms with Crippen molar-refractivity contribution in [1.82, 2.24) is 55.5 Å². The number of carboxylic acid groups (broad SMARTS) is 1. The standard InChI is InChI=1S/C52H58F4N8O7S.C27H26F4N4O4.C25H34N4O4S/c1-28-24-63(25-29(2)62(28)7)41-15-13-33(19-40(41)60-48(69)37-23-57-45(68)21-38(37)52(54,55)56)36-14-12-34(18-39(36)53)43(66)16-17-44(67)61-47(51(4,5)6)50(71)64-26-35(65)20-42(64)49(70)58-22-31-8-10-32(11-9-31)46-30(3)59-27-72-46;1-14-12-35(13-15(2)34(14)3)23-7-5-16(18-6-4-17(26(38)39)8-21(18)28)9-22(23)33-25(37)19-11-32-24(36)10-20(19)27(29,30)31;1-15-22(34-14-28-15)17-7-5-16(6-8-17)12-27-23(32)21-10-19(31)13-29(21)24(33)20(25(2,3)4)9-18(30)11-26/h8-15,18-19,21,23,27-29,35,42,47,65H,16-17,20,22,24-26H2,1-7H3,(H,57,68)(H,58,70)(H,60,69)(H,61,67);4-11,14-15H,12-13H2,1-3H3,(H,32,36)(H,33,37)(H,38,39);5-8,14,19-21,31H,9-13,26H2,1-4H3,(H,27,32)/t28-,29+,35-,42+,47-;14-,15+;19-,20-,21+/m1.1/s1. The maximum absolute atomic E-state index is 16.1. The number of pyridine rings is 2. The van der Waals surface area contributed by atoms with Crippen LogP contribution in [0.2, 0.25) is 0 Å². The van der Waals surface area contributed by atoms with E-state index in [-0.39, 0.29) is 145 Å². The lowest BCUT2D eigenvalue weighted by molar-refractivity contribution is -0.146. The summed E-state index contributed by atoms with van der Waals surface area (Å²) in [6.45, 7) is 25.2. The second-order valence-corrected chi connectivity index (χ2v) is 40.9. The van der Waals surface area contributed by atoms with Gasteiger partial charge in [0.1, 0.15) is 35.5 Å². The molecule has 4 fully saturated rings. The monoisotopic (exact) mass is 2050 g/mol. The number of hydrogen-bond acceptors (Lipinski definition) is 23. The zero-order valence-electron chi connectivity index (χ0n) is 82.4. The highest BCUT2D eigenvalue weighted by Crippen LogP contribution is 2.42. The first-order chi connectivity index (χ1) is 68.1. The van der Waals surface area contributed by atoms with Gasteiger partial charge in [-0.25, -0.2) is 23.5 Å². The minimum Gasteiger partial charge on any atom is -0.478 e. The highest BCUT2D eigenvalue weighted by Gasteiger charge is 2.48. The number of aromatic amines is 2. The number of carboxylic acids is 1. The Morgan fingerprint density at radius 2 is 0.903 bits per heavy atom. The summed E-state index contributed by atoms with van der Waals surface area (Å²) >= 11 is 3.12. The molecule has 8 heterocycles. The maximum atomic E-state index is 16.1. The summed E-state index contributed by atoms with van der Waals surface area (Å²) in [5.74, 6) is -8.92. The van der Waals surface area contributed by atoms with Gasteiger partial charge in [-0.05, 0) is 142 Å². The van der Waals surface area contributed by atoms with Crippen LogP contribution in [0.1, 0.15) is 176 Å². The van der Waals surface area contributed by atoms with Gasteiger partial charge in [0.25, 0.3) is 11.8 Å². The number of likely N-dealkylation sites (N-methyl/N-ethyl adjacent to an activating group) is 2. The number of nitrogens with two attached hydrogens (primary N) is 1. The van der Waals surface area contributed by atoms with E-state index in [4.69, 9.17) is 10.8 Å². The van der Waals surface area contributed by atoms with E-state index >= 15 is 4.39 Å². The Hall–Kier alpha value is -13.6. The van der Waals surface area contributed by atoms with Crippen LogP contribution in [-0.2, 0) is 54.2 Å². The molecular formula is C104H118F8N16O15S2. The second-order valence-electron chi connectivity index (χ2n) is 39.2. The minimum atomic E-state index is -5.02. The van der Waals surface area contributed by atoms with E-state index in [1.54, 1.807) is 61.9 Å². The first-order valence-electron chi connectivity index (χ1n) is 47.0. The summed E-state index contributed by atoms with van der Waals surface area (Å²) < 4.78 is 114. The van der Waals surface area contributed by atoms with Crippen LogP contribution in [0.25, 0.3) is 43.1 Å². The molecule has 10 aromatic rings. The van der Waals surface area contributed by atoms with Crippen molar-refractivity contribution in [3.8, 4) is 43.1 Å². The number of benzene rings is 6. The number of aliphatic hydroxyl groups excluding tert-OH is 2. The van der Waals surface area contributed by atoms with Crippen molar-refractivity contribution in [2.24, 2.45) is 22.5 Å². The number of aromatic carboxylic acids is 1. The Balaban J connectivity index is 0.000000215. The van der Waals surface area contributed by atoms with E-state index in [0.717, 1.165) is 55.5 Å². The van der Waals surface area contributed by atoms with Gasteiger partial charge in [0.15, 0.2) is 5.78 Å². The molecule has 6 aromatic carbocycles. The van der Waals surface area contributed by atoms with Gasteiger partial charge >= 0.3 is 18.3 Å². The first kappa shape index (κ1) is 110. The van der Waals surface area contributed by atoms with Crippen LogP contribution >= 0.6 is 22.7 Å². The zero-order valence-corrected chi connectivity index (χ0v) is 84.1. The molecule has 0 bridgehead atoms. The molecule has 0 spiro atoms. The van der Waals surface area contributed by atoms with Crippen LogP contribution in [0, 0.1) is 42.2 Å². The third kappa shape index (κ3) is 27.2. The highest BCUT2D eigenvalue weighted by molar-refractivity contribution is 7.13. The van der Waals surface area contributed by atoms with E-state index in [9.17, 15) is 98.5 Å². The van der Waals surface area contributed by atoms with Gasteiger partial charge in [0.05, 0.1) is 101 Å². The number of hydrogen-bond donors (Lipinski definition) is 11. The number of carbonyl (C=O) groups is 10. The van der Waals surface area contributed by atoms with Crippen LogP contribution in [0.3, 0.4) is 0 Å². The lowest BCUT2D eigenvalue weighted by atomic mass is 9.76. The molecule has 31 nitrogen and oxygen atoms in total. The highest BCUT2D eigenvalue weighted by atomic mass is 32.1. The molecular weight excluding hydrogens is 1930 g/mol. The third-order valence-corrected chi connectivity index (χ3v) is 28.5. The number of β-amino-alcohol motifs (C(OH)–C–C–N with tert-alkyl or cyclic N) is 2. The van der Waals surface area contributed by atoms with Gasteiger partial charge in [-0.2, -0.15) is 26.3 Å². The zero-order chi connectivity index (χ0) is 106. The lowest BCUT2D eigenvalue weighted by Crippen LogP contribution is -2.57. The van der Waals surface area contributed by atoms with E-state index in [2.05, 4.69) is 56.3 Å². The molecule has 0 aliphatic carbocycles. The Labute approximate surface area is 839 Å². The number of piperazine rings is 2.